The molecule has 31 heavy (non-hydrogen) atoms. The lowest BCUT2D eigenvalue weighted by Crippen LogP contribution is -2.15. The number of thioether (sulfide) groups is 1. The van der Waals surface area contributed by atoms with Crippen LogP contribution in [0, 0.1) is 0 Å². The summed E-state index contributed by atoms with van der Waals surface area (Å²) in [6.45, 7) is 2.24. The number of esters is 1. The Balaban J connectivity index is 1.56. The maximum Gasteiger partial charge on any atom is 0.338 e. The standard InChI is InChI=1S/C21H21ClN4O4S/c1-3-29-20(28)14-9-10-16(22)17(11-14)23-19(27)13-31-21-25-24-18(26(21)2)12-30-15-7-5-4-6-8-15/h4-11H,3,12-13H2,1-2H3,(H,23,27). The topological polar surface area (TPSA) is 95.3 Å². The lowest BCUT2D eigenvalue weighted by Gasteiger charge is -2.09. The zero-order valence-electron chi connectivity index (χ0n) is 17.0. The first-order chi connectivity index (χ1) is 15.0. The van der Waals surface area contributed by atoms with E-state index < -0.39 is 5.97 Å². The van der Waals surface area contributed by atoms with Gasteiger partial charge in [-0.3, -0.25) is 4.79 Å². The predicted molar refractivity (Wildman–Crippen MR) is 119 cm³/mol. The van der Waals surface area contributed by atoms with Gasteiger partial charge in [0.2, 0.25) is 5.91 Å². The van der Waals surface area contributed by atoms with Gasteiger partial charge >= 0.3 is 5.97 Å². The number of rotatable bonds is 9. The minimum absolute atomic E-state index is 0.0888. The number of hydrogen-bond donors (Lipinski definition) is 1. The molecule has 0 atom stereocenters. The second kappa shape index (κ2) is 10.8. The number of nitrogens with zero attached hydrogens (tertiary/aromatic N) is 3. The first kappa shape index (κ1) is 22.6. The quantitative estimate of drug-likeness (QED) is 0.381. The first-order valence-electron chi connectivity index (χ1n) is 9.43. The van der Waals surface area contributed by atoms with E-state index in [1.54, 1.807) is 17.6 Å². The Morgan fingerprint density at radius 2 is 1.94 bits per heavy atom. The summed E-state index contributed by atoms with van der Waals surface area (Å²) in [5, 5.41) is 11.8. The lowest BCUT2D eigenvalue weighted by molar-refractivity contribution is -0.113. The van der Waals surface area contributed by atoms with Crippen LogP contribution in [0.15, 0.2) is 53.7 Å². The van der Waals surface area contributed by atoms with Crippen LogP contribution in [-0.2, 0) is 23.2 Å². The van der Waals surface area contributed by atoms with Crippen molar-refractivity contribution in [3.8, 4) is 5.75 Å². The highest BCUT2D eigenvalue weighted by molar-refractivity contribution is 7.99. The van der Waals surface area contributed by atoms with Crippen LogP contribution >= 0.6 is 23.4 Å². The number of ether oxygens (including phenoxy) is 2. The molecule has 0 saturated carbocycles. The molecular weight excluding hydrogens is 440 g/mol. The van der Waals surface area contributed by atoms with Crippen LogP contribution in [0.3, 0.4) is 0 Å². The molecule has 0 spiro atoms. The molecule has 1 N–H and O–H groups in total. The molecule has 0 saturated heterocycles. The van der Waals surface area contributed by atoms with Crippen molar-refractivity contribution in [3.63, 3.8) is 0 Å². The van der Waals surface area contributed by atoms with Crippen molar-refractivity contribution in [2.75, 3.05) is 17.7 Å². The highest BCUT2D eigenvalue weighted by Crippen LogP contribution is 2.24. The molecule has 0 aliphatic heterocycles. The van der Waals surface area contributed by atoms with E-state index in [1.165, 1.54) is 23.9 Å². The van der Waals surface area contributed by atoms with Crippen LogP contribution in [0.5, 0.6) is 5.75 Å². The molecule has 1 aromatic heterocycles. The van der Waals surface area contributed by atoms with Gasteiger partial charge in [-0.05, 0) is 37.3 Å². The lowest BCUT2D eigenvalue weighted by atomic mass is 10.2. The smallest absolute Gasteiger partial charge is 0.338 e. The summed E-state index contributed by atoms with van der Waals surface area (Å²) in [4.78, 5) is 24.3. The average molecular weight is 461 g/mol. The Morgan fingerprint density at radius 1 is 1.16 bits per heavy atom. The third kappa shape index (κ3) is 6.22. The molecule has 2 aromatic carbocycles. The van der Waals surface area contributed by atoms with Gasteiger partial charge in [0.15, 0.2) is 11.0 Å². The molecule has 1 amide bonds. The molecular formula is C21H21ClN4O4S. The van der Waals surface area contributed by atoms with Crippen molar-refractivity contribution in [1.29, 1.82) is 0 Å². The zero-order valence-corrected chi connectivity index (χ0v) is 18.6. The summed E-state index contributed by atoms with van der Waals surface area (Å²) < 4.78 is 12.4. The Morgan fingerprint density at radius 3 is 2.68 bits per heavy atom. The number of anilines is 1. The maximum atomic E-state index is 12.4. The molecule has 0 aliphatic carbocycles. The third-order valence-electron chi connectivity index (χ3n) is 4.12. The Kier molecular flexibility index (Phi) is 7.91. The van der Waals surface area contributed by atoms with E-state index in [4.69, 9.17) is 21.1 Å². The van der Waals surface area contributed by atoms with E-state index in [2.05, 4.69) is 15.5 Å². The minimum atomic E-state index is -0.478. The highest BCUT2D eigenvalue weighted by atomic mass is 35.5. The summed E-state index contributed by atoms with van der Waals surface area (Å²) in [5.74, 6) is 0.690. The molecule has 0 radical (unpaired) electrons. The van der Waals surface area contributed by atoms with Crippen LogP contribution in [-0.4, -0.2) is 39.0 Å². The number of carbonyl (C=O) groups excluding carboxylic acids is 2. The van der Waals surface area contributed by atoms with Gasteiger partial charge in [-0.1, -0.05) is 41.6 Å². The monoisotopic (exact) mass is 460 g/mol. The van der Waals surface area contributed by atoms with Gasteiger partial charge in [0.05, 0.1) is 28.6 Å². The van der Waals surface area contributed by atoms with Gasteiger partial charge in [-0.15, -0.1) is 10.2 Å². The minimum Gasteiger partial charge on any atom is -0.486 e. The van der Waals surface area contributed by atoms with E-state index in [0.29, 0.717) is 27.3 Å². The second-order valence-corrected chi connectivity index (χ2v) is 7.66. The highest BCUT2D eigenvalue weighted by Gasteiger charge is 2.15. The summed E-state index contributed by atoms with van der Waals surface area (Å²) in [6.07, 6.45) is 0. The number of carbonyl (C=O) groups is 2. The van der Waals surface area contributed by atoms with Gasteiger partial charge < -0.3 is 19.4 Å². The van der Waals surface area contributed by atoms with Crippen molar-refractivity contribution in [3.05, 3.63) is 64.9 Å². The van der Waals surface area contributed by atoms with Crippen LogP contribution < -0.4 is 10.1 Å². The van der Waals surface area contributed by atoms with Crippen LogP contribution in [0.2, 0.25) is 5.02 Å². The number of amides is 1. The first-order valence-corrected chi connectivity index (χ1v) is 10.8. The van der Waals surface area contributed by atoms with Crippen molar-refractivity contribution < 1.29 is 19.1 Å². The number of aromatic nitrogens is 3. The Bertz CT molecular complexity index is 1060. The number of para-hydroxylation sites is 1. The molecule has 8 nitrogen and oxygen atoms in total. The fourth-order valence-electron chi connectivity index (χ4n) is 2.54. The van der Waals surface area contributed by atoms with Crippen LogP contribution in [0.1, 0.15) is 23.1 Å². The van der Waals surface area contributed by atoms with Gasteiger partial charge in [0.25, 0.3) is 0 Å². The van der Waals surface area contributed by atoms with E-state index in [9.17, 15) is 9.59 Å². The average Bonchev–Trinajstić information content (AvgIpc) is 3.12. The molecule has 0 unspecified atom stereocenters. The molecule has 0 bridgehead atoms. The van der Waals surface area contributed by atoms with Crippen molar-refractivity contribution in [2.45, 2.75) is 18.7 Å². The number of nitrogens with one attached hydrogen (secondary N) is 1. The number of halogens is 1. The van der Waals surface area contributed by atoms with Gasteiger partial charge in [-0.2, -0.15) is 0 Å². The van der Waals surface area contributed by atoms with Gasteiger partial charge in [0.1, 0.15) is 12.4 Å². The molecule has 3 aromatic rings. The van der Waals surface area contributed by atoms with E-state index in [1.807, 2.05) is 37.4 Å². The van der Waals surface area contributed by atoms with E-state index in [0.717, 1.165) is 5.75 Å². The predicted octanol–water partition coefficient (Wildman–Crippen LogP) is 3.96. The zero-order chi connectivity index (χ0) is 22.2. The fraction of sp³-hybridized carbons (Fsp3) is 0.238. The largest absolute Gasteiger partial charge is 0.486 e. The van der Waals surface area contributed by atoms with Gasteiger partial charge in [-0.25, -0.2) is 4.79 Å². The Labute approximate surface area is 188 Å². The molecule has 10 heteroatoms. The SMILES string of the molecule is CCOC(=O)c1ccc(Cl)c(NC(=O)CSc2nnc(COc3ccccc3)n2C)c1. The van der Waals surface area contributed by atoms with Crippen LogP contribution in [0.25, 0.3) is 0 Å². The molecule has 1 heterocycles. The second-order valence-electron chi connectivity index (χ2n) is 6.31. The third-order valence-corrected chi connectivity index (χ3v) is 5.47. The summed E-state index contributed by atoms with van der Waals surface area (Å²) in [5.41, 5.74) is 0.651. The van der Waals surface area contributed by atoms with Crippen LogP contribution in [0.4, 0.5) is 5.69 Å². The van der Waals surface area contributed by atoms with E-state index >= 15 is 0 Å². The van der Waals surface area contributed by atoms with E-state index in [-0.39, 0.29) is 24.9 Å². The summed E-state index contributed by atoms with van der Waals surface area (Å²) in [7, 11) is 1.81. The van der Waals surface area contributed by atoms with Crippen molar-refractivity contribution in [2.24, 2.45) is 7.05 Å². The van der Waals surface area contributed by atoms with Crippen molar-refractivity contribution in [1.82, 2.24) is 14.8 Å². The molecule has 3 rings (SSSR count). The van der Waals surface area contributed by atoms with Gasteiger partial charge in [0, 0.05) is 7.05 Å². The molecule has 0 aliphatic rings. The number of benzene rings is 2. The van der Waals surface area contributed by atoms with Crippen molar-refractivity contribution >= 4 is 40.9 Å². The maximum absolute atomic E-state index is 12.4. The summed E-state index contributed by atoms with van der Waals surface area (Å²) >= 11 is 7.37. The fourth-order valence-corrected chi connectivity index (χ4v) is 3.43. The summed E-state index contributed by atoms with van der Waals surface area (Å²) in [6, 6.07) is 14.0. The number of hydrogen-bond acceptors (Lipinski definition) is 7. The Hall–Kier alpha value is -3.04. The normalized spacial score (nSPS) is 10.5. The molecule has 162 valence electrons. The molecule has 0 fully saturated rings.